The average molecular weight is 632 g/mol. The number of piperazine rings is 1. The van der Waals surface area contributed by atoms with E-state index in [0.29, 0.717) is 16.6 Å². The third-order valence-corrected chi connectivity index (χ3v) is 9.70. The van der Waals surface area contributed by atoms with Crippen LogP contribution < -0.4 is 10.1 Å². The zero-order chi connectivity index (χ0) is 30.2. The van der Waals surface area contributed by atoms with Crippen LogP contribution in [0.5, 0.6) is 5.75 Å². The molecule has 9 nitrogen and oxygen atoms in total. The van der Waals surface area contributed by atoms with Gasteiger partial charge in [-0.3, -0.25) is 9.48 Å². The molecule has 1 amide bonds. The van der Waals surface area contributed by atoms with E-state index >= 15 is 0 Å². The zero-order valence-electron chi connectivity index (χ0n) is 24.2. The highest BCUT2D eigenvalue weighted by Crippen LogP contribution is 2.45. The third kappa shape index (κ3) is 5.74. The SMILES string of the molecule is CCN1CCN(C(=O)Cn2cc3c(n2)CCc2c-3sc3ncnc(Nc4ccc(OCc5cccc(F)c5)c(Cl)c4)c23)CC1. The molecule has 226 valence electrons. The van der Waals surface area contributed by atoms with Crippen LogP contribution >= 0.6 is 22.9 Å². The Morgan fingerprint density at radius 3 is 2.77 bits per heavy atom. The minimum absolute atomic E-state index is 0.110. The van der Waals surface area contributed by atoms with Crippen LogP contribution in [0.2, 0.25) is 5.02 Å². The number of hydrogen-bond acceptors (Lipinski definition) is 8. The van der Waals surface area contributed by atoms with E-state index in [9.17, 15) is 9.18 Å². The minimum atomic E-state index is -0.305. The predicted molar refractivity (Wildman–Crippen MR) is 170 cm³/mol. The van der Waals surface area contributed by atoms with Crippen molar-refractivity contribution in [3.8, 4) is 16.2 Å². The number of likely N-dealkylation sites (N-methyl/N-ethyl adjacent to an activating group) is 1. The number of thiophene rings is 1. The number of aryl methyl sites for hydroxylation is 2. The second-order valence-corrected chi connectivity index (χ2v) is 12.4. The Labute approximate surface area is 263 Å². The van der Waals surface area contributed by atoms with Crippen LogP contribution in [0.1, 0.15) is 23.7 Å². The summed E-state index contributed by atoms with van der Waals surface area (Å²) >= 11 is 8.18. The van der Waals surface area contributed by atoms with Crippen LogP contribution in [0, 0.1) is 5.82 Å². The van der Waals surface area contributed by atoms with Gasteiger partial charge in [0.2, 0.25) is 5.91 Å². The molecule has 1 aliphatic carbocycles. The number of halogens is 2. The van der Waals surface area contributed by atoms with Crippen LogP contribution in [-0.4, -0.2) is 68.2 Å². The van der Waals surface area contributed by atoms with E-state index in [1.807, 2.05) is 17.2 Å². The lowest BCUT2D eigenvalue weighted by atomic mass is 9.95. The monoisotopic (exact) mass is 631 g/mol. The van der Waals surface area contributed by atoms with Crippen molar-refractivity contribution in [3.05, 3.63) is 82.6 Å². The van der Waals surface area contributed by atoms with Crippen LogP contribution in [-0.2, 0) is 30.8 Å². The third-order valence-electron chi connectivity index (χ3n) is 8.23. The average Bonchev–Trinajstić information content (AvgIpc) is 3.62. The Morgan fingerprint density at radius 2 is 1.98 bits per heavy atom. The van der Waals surface area contributed by atoms with Crippen molar-refractivity contribution >= 4 is 50.6 Å². The molecule has 0 bridgehead atoms. The topological polar surface area (TPSA) is 88.4 Å². The lowest BCUT2D eigenvalue weighted by Gasteiger charge is -2.34. The van der Waals surface area contributed by atoms with Gasteiger partial charge in [-0.25, -0.2) is 14.4 Å². The number of nitrogens with zero attached hydrogens (tertiary/aromatic N) is 6. The number of benzene rings is 2. The van der Waals surface area contributed by atoms with Gasteiger partial charge in [-0.15, -0.1) is 11.3 Å². The smallest absolute Gasteiger partial charge is 0.244 e. The molecule has 1 aliphatic heterocycles. The molecule has 4 heterocycles. The molecule has 1 N–H and O–H groups in total. The number of ether oxygens (including phenoxy) is 1. The van der Waals surface area contributed by atoms with Gasteiger partial charge in [0.05, 0.1) is 16.1 Å². The number of carbonyl (C=O) groups is 1. The van der Waals surface area contributed by atoms with Crippen LogP contribution in [0.4, 0.5) is 15.9 Å². The first-order valence-electron chi connectivity index (χ1n) is 14.7. The van der Waals surface area contributed by atoms with E-state index in [1.54, 1.807) is 46.6 Å². The van der Waals surface area contributed by atoms with Gasteiger partial charge in [0.15, 0.2) is 0 Å². The van der Waals surface area contributed by atoms with Crippen molar-refractivity contribution in [3.63, 3.8) is 0 Å². The minimum Gasteiger partial charge on any atom is -0.487 e. The number of amides is 1. The maximum absolute atomic E-state index is 13.5. The fourth-order valence-corrected chi connectivity index (χ4v) is 7.33. The molecular weight excluding hydrogens is 601 g/mol. The van der Waals surface area contributed by atoms with Crippen molar-refractivity contribution in [1.82, 2.24) is 29.5 Å². The Bertz CT molecular complexity index is 1850. The molecule has 2 aromatic carbocycles. The molecule has 0 radical (unpaired) electrons. The van der Waals surface area contributed by atoms with Crippen molar-refractivity contribution in [2.24, 2.45) is 0 Å². The number of carbonyl (C=O) groups excluding carboxylic acids is 1. The lowest BCUT2D eigenvalue weighted by Crippen LogP contribution is -2.49. The highest BCUT2D eigenvalue weighted by Gasteiger charge is 2.28. The molecule has 1 saturated heterocycles. The molecule has 7 rings (SSSR count). The molecule has 44 heavy (non-hydrogen) atoms. The first-order valence-corrected chi connectivity index (χ1v) is 15.9. The van der Waals surface area contributed by atoms with E-state index in [1.165, 1.54) is 17.7 Å². The van der Waals surface area contributed by atoms with E-state index in [0.717, 1.165) is 83.2 Å². The second-order valence-electron chi connectivity index (χ2n) is 11.0. The number of hydrogen-bond donors (Lipinski definition) is 1. The van der Waals surface area contributed by atoms with Gasteiger partial charge in [0, 0.05) is 48.5 Å². The number of fused-ring (bicyclic) bond motifs is 5. The summed E-state index contributed by atoms with van der Waals surface area (Å²) in [5.41, 5.74) is 4.74. The molecule has 1 fully saturated rings. The van der Waals surface area contributed by atoms with Crippen molar-refractivity contribution in [1.29, 1.82) is 0 Å². The molecular formula is C32H31ClFN7O2S. The van der Waals surface area contributed by atoms with Crippen LogP contribution in [0.15, 0.2) is 55.0 Å². The summed E-state index contributed by atoms with van der Waals surface area (Å²) < 4.78 is 21.1. The van der Waals surface area contributed by atoms with E-state index < -0.39 is 0 Å². The Morgan fingerprint density at radius 1 is 1.11 bits per heavy atom. The molecule has 5 aromatic rings. The zero-order valence-corrected chi connectivity index (χ0v) is 25.8. The summed E-state index contributed by atoms with van der Waals surface area (Å²) in [6.07, 6.45) is 5.15. The summed E-state index contributed by atoms with van der Waals surface area (Å²) in [6, 6.07) is 11.7. The van der Waals surface area contributed by atoms with Crippen molar-refractivity contribution < 1.29 is 13.9 Å². The molecule has 0 atom stereocenters. The van der Waals surface area contributed by atoms with Crippen molar-refractivity contribution in [2.45, 2.75) is 32.9 Å². The lowest BCUT2D eigenvalue weighted by molar-refractivity contribution is -0.133. The number of aromatic nitrogens is 4. The van der Waals surface area contributed by atoms with Gasteiger partial charge in [0.25, 0.3) is 0 Å². The number of nitrogens with one attached hydrogen (secondary N) is 1. The van der Waals surface area contributed by atoms with Crippen LogP contribution in [0.3, 0.4) is 0 Å². The predicted octanol–water partition coefficient (Wildman–Crippen LogP) is 5.93. The number of rotatable bonds is 8. The fraction of sp³-hybridized carbons (Fsp3) is 0.312. The molecule has 0 unspecified atom stereocenters. The van der Waals surface area contributed by atoms with Gasteiger partial charge >= 0.3 is 0 Å². The molecule has 0 saturated carbocycles. The van der Waals surface area contributed by atoms with Gasteiger partial charge in [0.1, 0.15) is 41.7 Å². The largest absolute Gasteiger partial charge is 0.487 e. The van der Waals surface area contributed by atoms with Gasteiger partial charge < -0.3 is 19.9 Å². The van der Waals surface area contributed by atoms with E-state index in [2.05, 4.69) is 27.1 Å². The first kappa shape index (κ1) is 28.7. The standard InChI is InChI=1S/C32H31ClFN7O2S/c1-2-39-10-12-40(13-11-39)28(42)17-41-16-24-26(38-41)8-7-23-29-31(35-19-36-32(29)44-30(23)24)37-22-6-9-27(25(33)15-22)43-18-20-4-3-5-21(34)14-20/h3-6,9,14-16,19H,2,7-8,10-13,17-18H2,1H3,(H,35,36,37). The normalized spacial score (nSPS) is 14.8. The van der Waals surface area contributed by atoms with Gasteiger partial charge in [-0.05, 0) is 60.8 Å². The Balaban J connectivity index is 1.09. The maximum atomic E-state index is 13.5. The highest BCUT2D eigenvalue weighted by atomic mass is 35.5. The van der Waals surface area contributed by atoms with Crippen LogP contribution in [0.25, 0.3) is 20.7 Å². The Kier molecular flexibility index (Phi) is 7.92. The van der Waals surface area contributed by atoms with Gasteiger partial charge in [-0.1, -0.05) is 30.7 Å². The molecule has 2 aliphatic rings. The summed E-state index contributed by atoms with van der Waals surface area (Å²) in [5.74, 6) is 1.02. The first-order chi connectivity index (χ1) is 21.4. The Hall–Kier alpha value is -4.06. The molecule has 12 heteroatoms. The summed E-state index contributed by atoms with van der Waals surface area (Å²) in [7, 11) is 0. The summed E-state index contributed by atoms with van der Waals surface area (Å²) in [5, 5.41) is 9.64. The van der Waals surface area contributed by atoms with E-state index in [-0.39, 0.29) is 24.9 Å². The summed E-state index contributed by atoms with van der Waals surface area (Å²) in [4.78, 5) is 28.5. The fourth-order valence-electron chi connectivity index (χ4n) is 5.87. The number of anilines is 2. The summed E-state index contributed by atoms with van der Waals surface area (Å²) in [6.45, 7) is 6.98. The van der Waals surface area contributed by atoms with Gasteiger partial charge in [-0.2, -0.15) is 5.10 Å². The molecule has 0 spiro atoms. The molecule has 3 aromatic heterocycles. The maximum Gasteiger partial charge on any atom is 0.244 e. The van der Waals surface area contributed by atoms with E-state index in [4.69, 9.17) is 21.4 Å². The highest BCUT2D eigenvalue weighted by molar-refractivity contribution is 7.22. The van der Waals surface area contributed by atoms with Crippen molar-refractivity contribution in [2.75, 3.05) is 38.0 Å². The second kappa shape index (κ2) is 12.1. The quantitative estimate of drug-likeness (QED) is 0.227.